The maximum absolute atomic E-state index is 12.6. The van der Waals surface area contributed by atoms with Crippen molar-refractivity contribution in [3.63, 3.8) is 0 Å². The van der Waals surface area contributed by atoms with Gasteiger partial charge in [0.05, 0.1) is 12.0 Å². The maximum Gasteiger partial charge on any atom is 0.227 e. The van der Waals surface area contributed by atoms with Crippen LogP contribution in [0.4, 0.5) is 0 Å². The second-order valence-corrected chi connectivity index (χ2v) is 5.48. The van der Waals surface area contributed by atoms with Crippen LogP contribution in [0.2, 0.25) is 0 Å². The Labute approximate surface area is 121 Å². The molecule has 0 fully saturated rings. The van der Waals surface area contributed by atoms with E-state index in [1.807, 2.05) is 38.7 Å². The third-order valence-corrected chi connectivity index (χ3v) is 3.82. The summed E-state index contributed by atoms with van der Waals surface area (Å²) in [5.74, 6) is 0.366. The van der Waals surface area contributed by atoms with Gasteiger partial charge in [-0.3, -0.25) is 4.79 Å². The minimum atomic E-state index is -0.158. The van der Waals surface area contributed by atoms with E-state index in [0.29, 0.717) is 13.1 Å². The van der Waals surface area contributed by atoms with Crippen LogP contribution >= 0.6 is 0 Å². The Morgan fingerprint density at radius 3 is 2.45 bits per heavy atom. The molecule has 1 aromatic rings. The topological polar surface area (TPSA) is 66.6 Å². The first-order valence-electron chi connectivity index (χ1n) is 7.21. The van der Waals surface area contributed by atoms with E-state index >= 15 is 0 Å². The highest BCUT2D eigenvalue weighted by Gasteiger charge is 2.28. The van der Waals surface area contributed by atoms with Gasteiger partial charge in [0.25, 0.3) is 0 Å². The molecular weight excluding hydrogens is 252 g/mol. The molecule has 0 radical (unpaired) electrons. The van der Waals surface area contributed by atoms with Gasteiger partial charge in [-0.15, -0.1) is 0 Å². The molecule has 0 aliphatic rings. The van der Waals surface area contributed by atoms with Crippen LogP contribution in [0.1, 0.15) is 39.3 Å². The number of carbonyl (C=O) groups is 1. The minimum Gasteiger partial charge on any atom is -0.508 e. The summed E-state index contributed by atoms with van der Waals surface area (Å²) in [6, 6.07) is 6.97. The van der Waals surface area contributed by atoms with Crippen molar-refractivity contribution in [2.75, 3.05) is 13.1 Å². The molecule has 2 atom stereocenters. The molecule has 0 aliphatic heterocycles. The number of hydrogen-bond donors (Lipinski definition) is 2. The molecule has 4 heteroatoms. The Morgan fingerprint density at radius 2 is 2.00 bits per heavy atom. The number of rotatable bonds is 6. The molecule has 0 saturated heterocycles. The number of carbonyl (C=O) groups excluding carboxylic acids is 1. The van der Waals surface area contributed by atoms with Crippen molar-refractivity contribution in [3.8, 4) is 5.75 Å². The van der Waals surface area contributed by atoms with Gasteiger partial charge in [-0.2, -0.15) is 0 Å². The lowest BCUT2D eigenvalue weighted by molar-refractivity contribution is -0.138. The second kappa shape index (κ2) is 7.29. The van der Waals surface area contributed by atoms with Crippen molar-refractivity contribution < 1.29 is 9.90 Å². The third kappa shape index (κ3) is 3.73. The minimum absolute atomic E-state index is 0.0765. The zero-order valence-corrected chi connectivity index (χ0v) is 12.8. The van der Waals surface area contributed by atoms with E-state index in [1.165, 1.54) is 0 Å². The highest BCUT2D eigenvalue weighted by Crippen LogP contribution is 2.26. The van der Waals surface area contributed by atoms with Gasteiger partial charge in [0.15, 0.2) is 0 Å². The van der Waals surface area contributed by atoms with Gasteiger partial charge < -0.3 is 15.7 Å². The first kappa shape index (κ1) is 16.5. The fourth-order valence-corrected chi connectivity index (χ4v) is 2.46. The summed E-state index contributed by atoms with van der Waals surface area (Å²) in [7, 11) is 0. The summed E-state index contributed by atoms with van der Waals surface area (Å²) < 4.78 is 0. The Hall–Kier alpha value is -1.55. The lowest BCUT2D eigenvalue weighted by Gasteiger charge is -2.33. The highest BCUT2D eigenvalue weighted by atomic mass is 16.3. The molecule has 1 amide bonds. The lowest BCUT2D eigenvalue weighted by Crippen LogP contribution is -2.42. The van der Waals surface area contributed by atoms with Crippen molar-refractivity contribution in [1.82, 2.24) is 4.90 Å². The summed E-state index contributed by atoms with van der Waals surface area (Å²) >= 11 is 0. The van der Waals surface area contributed by atoms with Crippen LogP contribution in [0.3, 0.4) is 0 Å². The average Bonchev–Trinajstić information content (AvgIpc) is 2.39. The van der Waals surface area contributed by atoms with Crippen LogP contribution in [-0.2, 0) is 4.79 Å². The van der Waals surface area contributed by atoms with E-state index in [-0.39, 0.29) is 29.5 Å². The number of phenolic OH excluding ortho intramolecular Hbond substituents is 1. The quantitative estimate of drug-likeness (QED) is 0.840. The summed E-state index contributed by atoms with van der Waals surface area (Å²) in [5.41, 5.74) is 6.67. The van der Waals surface area contributed by atoms with Gasteiger partial charge >= 0.3 is 0 Å². The van der Waals surface area contributed by atoms with Crippen LogP contribution in [-0.4, -0.2) is 29.0 Å². The fraction of sp³-hybridized carbons (Fsp3) is 0.562. The molecule has 0 aliphatic carbocycles. The van der Waals surface area contributed by atoms with Crippen LogP contribution < -0.4 is 5.73 Å². The summed E-state index contributed by atoms with van der Waals surface area (Å²) in [6.45, 7) is 8.96. The van der Waals surface area contributed by atoms with Crippen molar-refractivity contribution in [1.29, 1.82) is 0 Å². The number of benzene rings is 1. The molecule has 0 aromatic heterocycles. The van der Waals surface area contributed by atoms with Gasteiger partial charge in [0, 0.05) is 13.1 Å². The van der Waals surface area contributed by atoms with E-state index in [0.717, 1.165) is 5.56 Å². The molecular formula is C16H26N2O2. The predicted molar refractivity (Wildman–Crippen MR) is 81.3 cm³/mol. The fourth-order valence-electron chi connectivity index (χ4n) is 2.46. The number of amides is 1. The molecule has 1 aromatic carbocycles. The van der Waals surface area contributed by atoms with E-state index in [9.17, 15) is 9.90 Å². The van der Waals surface area contributed by atoms with Crippen LogP contribution in [0, 0.1) is 11.8 Å². The third-order valence-electron chi connectivity index (χ3n) is 3.82. The van der Waals surface area contributed by atoms with E-state index < -0.39 is 0 Å². The standard InChI is InChI=1S/C16H26N2O2/c1-5-18(16(20)15(10-17)11(2)3)12(4)13-7-6-8-14(19)9-13/h6-9,11-12,15,19H,5,10,17H2,1-4H3. The maximum atomic E-state index is 12.6. The van der Waals surface area contributed by atoms with Gasteiger partial charge in [-0.1, -0.05) is 26.0 Å². The second-order valence-electron chi connectivity index (χ2n) is 5.48. The highest BCUT2D eigenvalue weighted by molar-refractivity contribution is 5.79. The Morgan fingerprint density at radius 1 is 1.35 bits per heavy atom. The Balaban J connectivity index is 2.97. The van der Waals surface area contributed by atoms with Crippen LogP contribution in [0.25, 0.3) is 0 Å². The predicted octanol–water partition coefficient (Wildman–Crippen LogP) is 2.53. The Kier molecular flexibility index (Phi) is 6.02. The number of phenols is 1. The van der Waals surface area contributed by atoms with Gasteiger partial charge in [0.1, 0.15) is 5.75 Å². The van der Waals surface area contributed by atoms with E-state index in [2.05, 4.69) is 0 Å². The number of hydrogen-bond acceptors (Lipinski definition) is 3. The van der Waals surface area contributed by atoms with Crippen LogP contribution in [0.5, 0.6) is 5.75 Å². The van der Waals surface area contributed by atoms with E-state index in [1.54, 1.807) is 18.2 Å². The number of nitrogens with two attached hydrogens (primary N) is 1. The lowest BCUT2D eigenvalue weighted by atomic mass is 9.93. The Bertz CT molecular complexity index is 446. The molecule has 4 nitrogen and oxygen atoms in total. The largest absolute Gasteiger partial charge is 0.508 e. The summed E-state index contributed by atoms with van der Waals surface area (Å²) in [4.78, 5) is 14.5. The zero-order valence-electron chi connectivity index (χ0n) is 12.8. The summed E-state index contributed by atoms with van der Waals surface area (Å²) in [6.07, 6.45) is 0. The molecule has 3 N–H and O–H groups in total. The molecule has 20 heavy (non-hydrogen) atoms. The normalized spacial score (nSPS) is 14.1. The molecule has 2 unspecified atom stereocenters. The molecule has 0 saturated carbocycles. The van der Waals surface area contributed by atoms with Crippen molar-refractivity contribution in [3.05, 3.63) is 29.8 Å². The molecule has 0 bridgehead atoms. The smallest absolute Gasteiger partial charge is 0.227 e. The first-order chi connectivity index (χ1) is 9.42. The van der Waals surface area contributed by atoms with Crippen molar-refractivity contribution >= 4 is 5.91 Å². The number of aromatic hydroxyl groups is 1. The first-order valence-corrected chi connectivity index (χ1v) is 7.21. The van der Waals surface area contributed by atoms with Gasteiger partial charge in [0.2, 0.25) is 5.91 Å². The van der Waals surface area contributed by atoms with Crippen LogP contribution in [0.15, 0.2) is 24.3 Å². The summed E-state index contributed by atoms with van der Waals surface area (Å²) in [5, 5.41) is 9.58. The zero-order chi connectivity index (χ0) is 15.3. The molecule has 0 heterocycles. The van der Waals surface area contributed by atoms with Gasteiger partial charge in [-0.25, -0.2) is 0 Å². The SMILES string of the molecule is CCN(C(=O)C(CN)C(C)C)C(C)c1cccc(O)c1. The number of nitrogens with zero attached hydrogens (tertiary/aromatic N) is 1. The van der Waals surface area contributed by atoms with Gasteiger partial charge in [-0.05, 0) is 37.5 Å². The monoisotopic (exact) mass is 278 g/mol. The molecule has 1 rings (SSSR count). The van der Waals surface area contributed by atoms with E-state index in [4.69, 9.17) is 5.73 Å². The molecule has 0 spiro atoms. The average molecular weight is 278 g/mol. The molecule has 112 valence electrons. The van der Waals surface area contributed by atoms with Crippen molar-refractivity contribution in [2.24, 2.45) is 17.6 Å². The van der Waals surface area contributed by atoms with Crippen molar-refractivity contribution in [2.45, 2.75) is 33.7 Å².